The van der Waals surface area contributed by atoms with E-state index in [0.29, 0.717) is 24.1 Å². The van der Waals surface area contributed by atoms with Crippen molar-refractivity contribution in [1.29, 1.82) is 0 Å². The lowest BCUT2D eigenvalue weighted by Gasteiger charge is -2.30. The average molecular weight is 524 g/mol. The topological polar surface area (TPSA) is 95.6 Å². The van der Waals surface area contributed by atoms with Gasteiger partial charge in [0.05, 0.1) is 23.0 Å². The second kappa shape index (κ2) is 11.7. The van der Waals surface area contributed by atoms with Gasteiger partial charge in [0.15, 0.2) is 0 Å². The molecule has 0 saturated carbocycles. The van der Waals surface area contributed by atoms with Crippen molar-refractivity contribution in [2.75, 3.05) is 18.4 Å². The highest BCUT2D eigenvalue weighted by atomic mass is 32.2. The molecule has 2 amide bonds. The molecule has 7 nitrogen and oxygen atoms in total. The number of benzene rings is 3. The van der Waals surface area contributed by atoms with Gasteiger partial charge in [0.25, 0.3) is 5.91 Å². The molecule has 0 unspecified atom stereocenters. The summed E-state index contributed by atoms with van der Waals surface area (Å²) in [6.07, 6.45) is 0.670. The number of carbonyl (C=O) groups is 2. The zero-order valence-corrected chi connectivity index (χ0v) is 21.4. The molecule has 1 aliphatic heterocycles. The number of carbonyl (C=O) groups excluding carboxylic acids is 2. The van der Waals surface area contributed by atoms with E-state index >= 15 is 0 Å². The first-order valence-corrected chi connectivity index (χ1v) is 13.8. The van der Waals surface area contributed by atoms with Crippen LogP contribution in [0, 0.1) is 11.7 Å². The Balaban J connectivity index is 1.36. The van der Waals surface area contributed by atoms with Crippen molar-refractivity contribution in [3.05, 3.63) is 101 Å². The van der Waals surface area contributed by atoms with Crippen LogP contribution in [0.2, 0.25) is 0 Å². The molecule has 1 saturated heterocycles. The quantitative estimate of drug-likeness (QED) is 0.455. The predicted molar refractivity (Wildman–Crippen MR) is 141 cm³/mol. The van der Waals surface area contributed by atoms with Gasteiger partial charge in [-0.1, -0.05) is 60.7 Å². The predicted octanol–water partition coefficient (Wildman–Crippen LogP) is 4.50. The van der Waals surface area contributed by atoms with Gasteiger partial charge >= 0.3 is 0 Å². The van der Waals surface area contributed by atoms with Crippen LogP contribution >= 0.6 is 0 Å². The molecular formula is C28H30FN3O4S. The Morgan fingerprint density at radius 3 is 2.27 bits per heavy atom. The number of anilines is 1. The Bertz CT molecular complexity index is 1360. The number of piperidine rings is 1. The van der Waals surface area contributed by atoms with Crippen LogP contribution in [-0.2, 0) is 20.6 Å². The molecule has 3 aromatic carbocycles. The van der Waals surface area contributed by atoms with Crippen molar-refractivity contribution in [1.82, 2.24) is 9.62 Å². The molecule has 2 N–H and O–H groups in total. The molecule has 194 valence electrons. The first-order chi connectivity index (χ1) is 17.7. The van der Waals surface area contributed by atoms with Crippen molar-refractivity contribution in [2.45, 2.75) is 31.6 Å². The zero-order valence-electron chi connectivity index (χ0n) is 20.6. The van der Waals surface area contributed by atoms with Crippen LogP contribution in [0.15, 0.2) is 78.9 Å². The van der Waals surface area contributed by atoms with E-state index in [0.717, 1.165) is 5.56 Å². The van der Waals surface area contributed by atoms with Gasteiger partial charge in [-0.15, -0.1) is 0 Å². The lowest BCUT2D eigenvalue weighted by Crippen LogP contribution is -2.42. The fourth-order valence-corrected chi connectivity index (χ4v) is 6.00. The van der Waals surface area contributed by atoms with Crippen LogP contribution in [0.5, 0.6) is 0 Å². The minimum Gasteiger partial charge on any atom is -0.345 e. The number of rotatable bonds is 8. The van der Waals surface area contributed by atoms with Crippen LogP contribution in [0.1, 0.15) is 47.3 Å². The third kappa shape index (κ3) is 6.61. The van der Waals surface area contributed by atoms with Crippen molar-refractivity contribution >= 4 is 27.5 Å². The number of para-hydroxylation sites is 1. The van der Waals surface area contributed by atoms with Gasteiger partial charge < -0.3 is 10.6 Å². The molecule has 1 aliphatic rings. The highest BCUT2D eigenvalue weighted by molar-refractivity contribution is 7.88. The minimum absolute atomic E-state index is 0.124. The Hall–Kier alpha value is -3.56. The molecule has 9 heteroatoms. The van der Waals surface area contributed by atoms with Crippen molar-refractivity contribution < 1.29 is 22.4 Å². The van der Waals surface area contributed by atoms with Gasteiger partial charge in [-0.2, -0.15) is 0 Å². The van der Waals surface area contributed by atoms with Gasteiger partial charge in [-0.25, -0.2) is 17.1 Å². The lowest BCUT2D eigenvalue weighted by atomic mass is 9.97. The van der Waals surface area contributed by atoms with E-state index in [1.54, 1.807) is 30.3 Å². The molecular weight excluding hydrogens is 493 g/mol. The van der Waals surface area contributed by atoms with Crippen LogP contribution in [0.3, 0.4) is 0 Å². The minimum atomic E-state index is -3.71. The monoisotopic (exact) mass is 523 g/mol. The summed E-state index contributed by atoms with van der Waals surface area (Å²) in [6, 6.07) is 22.0. The van der Waals surface area contributed by atoms with Crippen LogP contribution in [0.25, 0.3) is 0 Å². The third-order valence-corrected chi connectivity index (χ3v) is 8.42. The molecule has 1 fully saturated rings. The number of nitrogens with one attached hydrogen (secondary N) is 2. The van der Waals surface area contributed by atoms with Crippen molar-refractivity contribution in [3.63, 3.8) is 0 Å². The van der Waals surface area contributed by atoms with E-state index in [2.05, 4.69) is 10.6 Å². The Kier molecular flexibility index (Phi) is 8.35. The van der Waals surface area contributed by atoms with E-state index in [1.807, 2.05) is 37.3 Å². The van der Waals surface area contributed by atoms with E-state index < -0.39 is 27.5 Å². The molecule has 0 aliphatic carbocycles. The number of amides is 2. The first kappa shape index (κ1) is 26.5. The molecule has 1 heterocycles. The highest BCUT2D eigenvalue weighted by Crippen LogP contribution is 2.25. The average Bonchev–Trinajstić information content (AvgIpc) is 2.90. The maximum absolute atomic E-state index is 13.9. The van der Waals surface area contributed by atoms with E-state index in [9.17, 15) is 22.4 Å². The van der Waals surface area contributed by atoms with Gasteiger partial charge in [-0.3, -0.25) is 9.59 Å². The molecule has 0 bridgehead atoms. The summed E-state index contributed by atoms with van der Waals surface area (Å²) in [5, 5.41) is 5.82. The lowest BCUT2D eigenvalue weighted by molar-refractivity contribution is -0.120. The Morgan fingerprint density at radius 2 is 1.57 bits per heavy atom. The van der Waals surface area contributed by atoms with Gasteiger partial charge in [0, 0.05) is 24.6 Å². The van der Waals surface area contributed by atoms with E-state index in [-0.39, 0.29) is 36.5 Å². The zero-order chi connectivity index (χ0) is 26.4. The first-order valence-electron chi connectivity index (χ1n) is 12.2. The third-order valence-electron chi connectivity index (χ3n) is 6.59. The maximum Gasteiger partial charge on any atom is 0.253 e. The summed E-state index contributed by atoms with van der Waals surface area (Å²) < 4.78 is 40.9. The fourth-order valence-electron chi connectivity index (χ4n) is 4.42. The van der Waals surface area contributed by atoms with Crippen LogP contribution in [0.4, 0.5) is 10.1 Å². The molecule has 1 atom stereocenters. The molecule has 0 radical (unpaired) electrons. The summed E-state index contributed by atoms with van der Waals surface area (Å²) in [5.74, 6) is -1.94. The van der Waals surface area contributed by atoms with Crippen LogP contribution < -0.4 is 10.6 Å². The van der Waals surface area contributed by atoms with Crippen molar-refractivity contribution in [3.8, 4) is 0 Å². The van der Waals surface area contributed by atoms with Crippen molar-refractivity contribution in [2.24, 2.45) is 5.92 Å². The number of halogens is 1. The van der Waals surface area contributed by atoms with Gasteiger partial charge in [0.2, 0.25) is 15.9 Å². The molecule has 37 heavy (non-hydrogen) atoms. The number of sulfonamides is 1. The normalized spacial score (nSPS) is 15.6. The van der Waals surface area contributed by atoms with E-state index in [4.69, 9.17) is 0 Å². The van der Waals surface area contributed by atoms with Crippen LogP contribution in [-0.4, -0.2) is 37.6 Å². The maximum atomic E-state index is 13.9. The van der Waals surface area contributed by atoms with E-state index in [1.165, 1.54) is 22.5 Å². The summed E-state index contributed by atoms with van der Waals surface area (Å²) in [6.45, 7) is 2.24. The fraction of sp³-hybridized carbons (Fsp3) is 0.286. The Labute approximate surface area is 216 Å². The number of nitrogens with zero attached hydrogens (tertiary/aromatic N) is 1. The smallest absolute Gasteiger partial charge is 0.253 e. The number of hydrogen-bond donors (Lipinski definition) is 2. The summed E-state index contributed by atoms with van der Waals surface area (Å²) >= 11 is 0. The summed E-state index contributed by atoms with van der Waals surface area (Å²) in [7, 11) is -3.71. The molecule has 3 aromatic rings. The molecule has 4 rings (SSSR count). The molecule has 0 aromatic heterocycles. The van der Waals surface area contributed by atoms with Gasteiger partial charge in [-0.05, 0) is 43.5 Å². The van der Waals surface area contributed by atoms with Gasteiger partial charge in [0.1, 0.15) is 5.82 Å². The molecule has 0 spiro atoms. The number of hydrogen-bond acceptors (Lipinski definition) is 4. The summed E-state index contributed by atoms with van der Waals surface area (Å²) in [4.78, 5) is 26.0. The highest BCUT2D eigenvalue weighted by Gasteiger charge is 2.32. The second-order valence-electron chi connectivity index (χ2n) is 9.16. The SMILES string of the molecule is C[C@@H](NC(=O)c1ccccc1NC(=O)C1CCN(S(=O)(=O)Cc2ccccc2F)CC1)c1ccccc1. The Morgan fingerprint density at radius 1 is 0.946 bits per heavy atom. The summed E-state index contributed by atoms with van der Waals surface area (Å²) in [5.41, 5.74) is 1.84. The largest absolute Gasteiger partial charge is 0.345 e. The second-order valence-corrected chi connectivity index (χ2v) is 11.1. The standard InChI is InChI=1S/C28H30FN3O4S/c1-20(21-9-3-2-4-10-21)30-28(34)24-12-6-8-14-26(24)31-27(33)22-15-17-32(18-16-22)37(35,36)19-23-11-5-7-13-25(23)29/h2-14,20,22H,15-19H2,1H3,(H,30,34)(H,31,33)/t20-/m1/s1.